The normalized spacial score (nSPS) is 13.7. The molecule has 96 valence electrons. The molecule has 0 radical (unpaired) electrons. The van der Waals surface area contributed by atoms with Crippen LogP contribution in [0.5, 0.6) is 5.75 Å². The summed E-state index contributed by atoms with van der Waals surface area (Å²) in [5, 5.41) is 1.77. The molecule has 19 heavy (non-hydrogen) atoms. The molecule has 2 aromatic carbocycles. The minimum absolute atomic E-state index is 0.713. The van der Waals surface area contributed by atoms with Gasteiger partial charge in [0.1, 0.15) is 10.8 Å². The first-order valence-corrected chi connectivity index (χ1v) is 7.11. The Morgan fingerprint density at radius 1 is 1.16 bits per heavy atom. The van der Waals surface area contributed by atoms with Gasteiger partial charge in [-0.05, 0) is 29.8 Å². The Balaban J connectivity index is 1.91. The highest BCUT2D eigenvalue weighted by Gasteiger charge is 2.15. The third-order valence-corrected chi connectivity index (χ3v) is 4.38. The van der Waals surface area contributed by atoms with Crippen molar-refractivity contribution in [1.29, 1.82) is 0 Å². The number of nitrogens with zero attached hydrogens (tertiary/aromatic N) is 1. The molecule has 0 spiro atoms. The number of halogens is 1. The third-order valence-electron chi connectivity index (χ3n) is 2.97. The fourth-order valence-electron chi connectivity index (χ4n) is 1.92. The maximum Gasteiger partial charge on any atom is 0.120 e. The van der Waals surface area contributed by atoms with Gasteiger partial charge in [0.2, 0.25) is 0 Å². The summed E-state index contributed by atoms with van der Waals surface area (Å²) in [7, 11) is 1.68. The number of thioether (sulfide) groups is 1. The summed E-state index contributed by atoms with van der Waals surface area (Å²) >= 11 is 7.58. The van der Waals surface area contributed by atoms with Crippen molar-refractivity contribution in [3.05, 3.63) is 58.6 Å². The zero-order valence-electron chi connectivity index (χ0n) is 10.4. The van der Waals surface area contributed by atoms with Gasteiger partial charge in [-0.15, -0.1) is 0 Å². The second-order valence-corrected chi connectivity index (χ2v) is 5.67. The molecule has 0 fully saturated rings. The van der Waals surface area contributed by atoms with Crippen LogP contribution in [-0.4, -0.2) is 12.2 Å². The van der Waals surface area contributed by atoms with Crippen molar-refractivity contribution in [2.24, 2.45) is 4.99 Å². The summed E-state index contributed by atoms with van der Waals surface area (Å²) in [6.07, 6.45) is 0. The Bertz CT molecular complexity index is 637. The number of aliphatic imine (C=N–C) groups is 1. The molecule has 0 amide bonds. The van der Waals surface area contributed by atoms with E-state index in [2.05, 4.69) is 17.1 Å². The summed E-state index contributed by atoms with van der Waals surface area (Å²) in [5.74, 6) is 0.878. The largest absolute Gasteiger partial charge is 0.497 e. The van der Waals surface area contributed by atoms with Crippen molar-refractivity contribution in [2.45, 2.75) is 11.4 Å². The van der Waals surface area contributed by atoms with E-state index in [9.17, 15) is 0 Å². The minimum Gasteiger partial charge on any atom is -0.497 e. The van der Waals surface area contributed by atoms with E-state index in [-0.39, 0.29) is 0 Å². The standard InChI is InChI=1S/C15H12ClNOS/c1-18-13-7-4-11-9-17-15(19-14(11)8-13)10-2-5-12(16)6-3-10/h2-8H,9H2,1H3. The monoisotopic (exact) mass is 289 g/mol. The van der Waals surface area contributed by atoms with Crippen LogP contribution in [0.25, 0.3) is 0 Å². The van der Waals surface area contributed by atoms with Gasteiger partial charge in [-0.1, -0.05) is 41.6 Å². The van der Waals surface area contributed by atoms with E-state index in [0.717, 1.165) is 21.4 Å². The van der Waals surface area contributed by atoms with E-state index in [0.29, 0.717) is 6.54 Å². The lowest BCUT2D eigenvalue weighted by Crippen LogP contribution is -2.03. The zero-order valence-corrected chi connectivity index (χ0v) is 12.0. The van der Waals surface area contributed by atoms with Crippen molar-refractivity contribution in [2.75, 3.05) is 7.11 Å². The van der Waals surface area contributed by atoms with Crippen molar-refractivity contribution in [3.8, 4) is 5.75 Å². The first-order valence-electron chi connectivity index (χ1n) is 5.91. The van der Waals surface area contributed by atoms with Gasteiger partial charge in [-0.3, -0.25) is 4.99 Å². The molecule has 1 heterocycles. The van der Waals surface area contributed by atoms with E-state index >= 15 is 0 Å². The highest BCUT2D eigenvalue weighted by Crippen LogP contribution is 2.34. The van der Waals surface area contributed by atoms with Crippen molar-refractivity contribution in [3.63, 3.8) is 0 Å². The SMILES string of the molecule is COc1ccc2c(c1)SC(c1ccc(Cl)cc1)=NC2. The second-order valence-electron chi connectivity index (χ2n) is 4.20. The smallest absolute Gasteiger partial charge is 0.120 e. The zero-order chi connectivity index (χ0) is 13.2. The number of methoxy groups -OCH3 is 1. The molecule has 0 bridgehead atoms. The first kappa shape index (κ1) is 12.6. The van der Waals surface area contributed by atoms with Crippen LogP contribution in [0.2, 0.25) is 5.02 Å². The molecule has 0 N–H and O–H groups in total. The van der Waals surface area contributed by atoms with Gasteiger partial charge in [-0.2, -0.15) is 0 Å². The van der Waals surface area contributed by atoms with E-state index in [4.69, 9.17) is 16.3 Å². The summed E-state index contributed by atoms with van der Waals surface area (Å²) in [6.45, 7) is 0.713. The van der Waals surface area contributed by atoms with Crippen LogP contribution >= 0.6 is 23.4 Å². The van der Waals surface area contributed by atoms with E-state index in [1.807, 2.05) is 30.3 Å². The number of benzene rings is 2. The van der Waals surface area contributed by atoms with Gasteiger partial charge in [0.25, 0.3) is 0 Å². The van der Waals surface area contributed by atoms with Crippen molar-refractivity contribution in [1.82, 2.24) is 0 Å². The highest BCUT2D eigenvalue weighted by molar-refractivity contribution is 8.14. The number of hydrogen-bond donors (Lipinski definition) is 0. The molecule has 0 atom stereocenters. The van der Waals surface area contributed by atoms with E-state index in [1.165, 1.54) is 10.5 Å². The molecule has 1 aliphatic heterocycles. The molecule has 0 aromatic heterocycles. The fourth-order valence-corrected chi connectivity index (χ4v) is 3.08. The Hall–Kier alpha value is -1.45. The van der Waals surface area contributed by atoms with Gasteiger partial charge < -0.3 is 4.74 Å². The first-order chi connectivity index (χ1) is 9.26. The summed E-state index contributed by atoms with van der Waals surface area (Å²) in [5.41, 5.74) is 2.34. The van der Waals surface area contributed by atoms with Crippen molar-refractivity contribution < 1.29 is 4.74 Å². The number of rotatable bonds is 2. The van der Waals surface area contributed by atoms with Crippen LogP contribution in [-0.2, 0) is 6.54 Å². The molecule has 2 nitrogen and oxygen atoms in total. The molecule has 1 aliphatic rings. The summed E-state index contributed by atoms with van der Waals surface area (Å²) < 4.78 is 5.27. The van der Waals surface area contributed by atoms with Crippen LogP contribution < -0.4 is 4.74 Å². The topological polar surface area (TPSA) is 21.6 Å². The Morgan fingerprint density at radius 2 is 1.95 bits per heavy atom. The average Bonchev–Trinajstić information content (AvgIpc) is 2.47. The van der Waals surface area contributed by atoms with Crippen LogP contribution in [0, 0.1) is 0 Å². The minimum atomic E-state index is 0.713. The van der Waals surface area contributed by atoms with Gasteiger partial charge in [0.05, 0.1) is 13.7 Å². The Kier molecular flexibility index (Phi) is 3.49. The number of hydrogen-bond acceptors (Lipinski definition) is 3. The molecule has 0 aliphatic carbocycles. The third kappa shape index (κ3) is 2.62. The van der Waals surface area contributed by atoms with Crippen LogP contribution in [0.15, 0.2) is 52.4 Å². The highest BCUT2D eigenvalue weighted by atomic mass is 35.5. The van der Waals surface area contributed by atoms with Gasteiger partial charge in [-0.25, -0.2) is 0 Å². The molecule has 2 aromatic rings. The Labute approximate surface area is 121 Å². The lowest BCUT2D eigenvalue weighted by Gasteiger charge is -2.16. The molecular formula is C15H12ClNOS. The Morgan fingerprint density at radius 3 is 2.68 bits per heavy atom. The van der Waals surface area contributed by atoms with Crippen LogP contribution in [0.4, 0.5) is 0 Å². The quantitative estimate of drug-likeness (QED) is 0.817. The molecule has 4 heteroatoms. The fraction of sp³-hybridized carbons (Fsp3) is 0.133. The predicted molar refractivity (Wildman–Crippen MR) is 80.5 cm³/mol. The van der Waals surface area contributed by atoms with Crippen molar-refractivity contribution >= 4 is 28.4 Å². The maximum absolute atomic E-state index is 5.91. The van der Waals surface area contributed by atoms with Gasteiger partial charge >= 0.3 is 0 Å². The summed E-state index contributed by atoms with van der Waals surface area (Å²) in [4.78, 5) is 5.83. The lowest BCUT2D eigenvalue weighted by atomic mass is 10.2. The van der Waals surface area contributed by atoms with Gasteiger partial charge in [0.15, 0.2) is 0 Å². The summed E-state index contributed by atoms with van der Waals surface area (Å²) in [6, 6.07) is 13.9. The van der Waals surface area contributed by atoms with Crippen LogP contribution in [0.1, 0.15) is 11.1 Å². The molecule has 3 rings (SSSR count). The number of fused-ring (bicyclic) bond motifs is 1. The van der Waals surface area contributed by atoms with Gasteiger partial charge in [0, 0.05) is 15.5 Å². The average molecular weight is 290 g/mol. The number of ether oxygens (including phenoxy) is 1. The second kappa shape index (κ2) is 5.27. The lowest BCUT2D eigenvalue weighted by molar-refractivity contribution is 0.413. The van der Waals surface area contributed by atoms with Crippen LogP contribution in [0.3, 0.4) is 0 Å². The van der Waals surface area contributed by atoms with E-state index in [1.54, 1.807) is 18.9 Å². The predicted octanol–water partition coefficient (Wildman–Crippen LogP) is 4.40. The maximum atomic E-state index is 5.91. The molecule has 0 unspecified atom stereocenters. The molecule has 0 saturated carbocycles. The molecular weight excluding hydrogens is 278 g/mol. The molecule has 0 saturated heterocycles. The van der Waals surface area contributed by atoms with E-state index < -0.39 is 0 Å².